The van der Waals surface area contributed by atoms with Gasteiger partial charge in [-0.15, -0.1) is 0 Å². The van der Waals surface area contributed by atoms with Crippen molar-refractivity contribution in [1.82, 2.24) is 0 Å². The number of hydrogen-bond acceptors (Lipinski definition) is 2. The van der Waals surface area contributed by atoms with Gasteiger partial charge in [0.1, 0.15) is 18.2 Å². The maximum absolute atomic E-state index is 13.6. The molecule has 104 valence electrons. The van der Waals surface area contributed by atoms with E-state index in [-0.39, 0.29) is 18.2 Å². The van der Waals surface area contributed by atoms with E-state index < -0.39 is 0 Å². The second-order valence-electron chi connectivity index (χ2n) is 4.58. The Kier molecular flexibility index (Phi) is 4.40. The summed E-state index contributed by atoms with van der Waals surface area (Å²) in [6.45, 7) is 3.39. The smallest absolute Gasteiger partial charge is 0.163 e. The van der Waals surface area contributed by atoms with Gasteiger partial charge in [-0.25, -0.2) is 4.39 Å². The summed E-state index contributed by atoms with van der Waals surface area (Å²) in [5.41, 5.74) is 1.81. The van der Waals surface area contributed by atoms with Gasteiger partial charge in [-0.1, -0.05) is 17.7 Å². The minimum Gasteiger partial charge on any atom is -0.488 e. The molecular formula is C16H14ClFO2. The van der Waals surface area contributed by atoms with Crippen LogP contribution in [-0.4, -0.2) is 5.78 Å². The number of halogens is 2. The predicted octanol–water partition coefficient (Wildman–Crippen LogP) is 4.57. The zero-order valence-corrected chi connectivity index (χ0v) is 12.0. The predicted molar refractivity (Wildman–Crippen MR) is 76.9 cm³/mol. The number of hydrogen-bond donors (Lipinski definition) is 0. The summed E-state index contributed by atoms with van der Waals surface area (Å²) in [4.78, 5) is 11.5. The van der Waals surface area contributed by atoms with Crippen molar-refractivity contribution < 1.29 is 13.9 Å². The fraction of sp³-hybridized carbons (Fsp3) is 0.188. The summed E-state index contributed by atoms with van der Waals surface area (Å²) in [5.74, 6) is -0.0186. The molecule has 0 aliphatic heterocycles. The van der Waals surface area contributed by atoms with Crippen LogP contribution in [-0.2, 0) is 6.61 Å². The van der Waals surface area contributed by atoms with Crippen LogP contribution in [0.4, 0.5) is 4.39 Å². The number of carbonyl (C=O) groups is 1. The maximum atomic E-state index is 13.6. The van der Waals surface area contributed by atoms with Crippen LogP contribution in [0.5, 0.6) is 5.75 Å². The molecule has 2 aromatic carbocycles. The van der Waals surface area contributed by atoms with E-state index in [0.717, 1.165) is 5.56 Å². The number of ketones is 1. The number of Topliss-reactive ketones (excluding diaryl/α,β-unsaturated/α-hetero) is 1. The molecule has 0 radical (unpaired) electrons. The number of ether oxygens (including phenoxy) is 1. The lowest BCUT2D eigenvalue weighted by Gasteiger charge is -2.11. The molecule has 0 aliphatic carbocycles. The lowest BCUT2D eigenvalue weighted by molar-refractivity contribution is 0.101. The highest BCUT2D eigenvalue weighted by Crippen LogP contribution is 2.23. The second kappa shape index (κ2) is 6.06. The highest BCUT2D eigenvalue weighted by Gasteiger charge is 2.10. The molecule has 0 heterocycles. The monoisotopic (exact) mass is 292 g/mol. The van der Waals surface area contributed by atoms with E-state index in [1.54, 1.807) is 12.1 Å². The molecule has 0 atom stereocenters. The van der Waals surface area contributed by atoms with Gasteiger partial charge < -0.3 is 4.74 Å². The molecule has 0 bridgehead atoms. The average Bonchev–Trinajstić information content (AvgIpc) is 2.39. The van der Waals surface area contributed by atoms with Crippen molar-refractivity contribution in [3.05, 3.63) is 63.9 Å². The van der Waals surface area contributed by atoms with Crippen molar-refractivity contribution >= 4 is 17.4 Å². The summed E-state index contributed by atoms with van der Waals surface area (Å²) in [6.07, 6.45) is 0. The lowest BCUT2D eigenvalue weighted by atomic mass is 10.1. The SMILES string of the molecule is CC(=O)c1ccc(C)cc1OCc1cc(Cl)ccc1F. The molecule has 0 saturated heterocycles. The van der Waals surface area contributed by atoms with Crippen LogP contribution >= 0.6 is 11.6 Å². The standard InChI is InChI=1S/C16H14ClFO2/c1-10-3-5-14(11(2)19)16(7-10)20-9-12-8-13(17)4-6-15(12)18/h3-8H,9H2,1-2H3. The number of rotatable bonds is 4. The first-order chi connectivity index (χ1) is 9.47. The van der Waals surface area contributed by atoms with Crippen LogP contribution in [0.25, 0.3) is 0 Å². The molecule has 2 nitrogen and oxygen atoms in total. The molecule has 0 aromatic heterocycles. The highest BCUT2D eigenvalue weighted by molar-refractivity contribution is 6.30. The van der Waals surface area contributed by atoms with Crippen molar-refractivity contribution in [1.29, 1.82) is 0 Å². The van der Waals surface area contributed by atoms with Crippen molar-refractivity contribution in [2.45, 2.75) is 20.5 Å². The second-order valence-corrected chi connectivity index (χ2v) is 5.02. The van der Waals surface area contributed by atoms with Crippen LogP contribution in [0.1, 0.15) is 28.4 Å². The van der Waals surface area contributed by atoms with Gasteiger partial charge in [-0.05, 0) is 49.7 Å². The third-order valence-corrected chi connectivity index (χ3v) is 3.14. The fourth-order valence-corrected chi connectivity index (χ4v) is 2.04. The molecular weight excluding hydrogens is 279 g/mol. The molecule has 0 saturated carbocycles. The molecule has 0 N–H and O–H groups in total. The largest absolute Gasteiger partial charge is 0.488 e. The molecule has 20 heavy (non-hydrogen) atoms. The van der Waals surface area contributed by atoms with E-state index in [1.165, 1.54) is 25.1 Å². The van der Waals surface area contributed by atoms with Gasteiger partial charge in [0.25, 0.3) is 0 Å². The van der Waals surface area contributed by atoms with Crippen LogP contribution in [0.15, 0.2) is 36.4 Å². The Balaban J connectivity index is 2.24. The Labute approximate surface area is 122 Å². The molecule has 0 spiro atoms. The van der Waals surface area contributed by atoms with Crippen LogP contribution in [0, 0.1) is 12.7 Å². The molecule has 4 heteroatoms. The van der Waals surface area contributed by atoms with Crippen LogP contribution in [0.2, 0.25) is 5.02 Å². The van der Waals surface area contributed by atoms with Crippen molar-refractivity contribution in [2.75, 3.05) is 0 Å². The van der Waals surface area contributed by atoms with Gasteiger partial charge in [0, 0.05) is 10.6 Å². The van der Waals surface area contributed by atoms with E-state index in [1.807, 2.05) is 13.0 Å². The third-order valence-electron chi connectivity index (χ3n) is 2.91. The van der Waals surface area contributed by atoms with Gasteiger partial charge in [-0.3, -0.25) is 4.79 Å². The van der Waals surface area contributed by atoms with Gasteiger partial charge >= 0.3 is 0 Å². The fourth-order valence-electron chi connectivity index (χ4n) is 1.85. The Morgan fingerprint density at radius 3 is 2.70 bits per heavy atom. The third kappa shape index (κ3) is 3.36. The Hall–Kier alpha value is -1.87. The zero-order chi connectivity index (χ0) is 14.7. The Morgan fingerprint density at radius 2 is 2.00 bits per heavy atom. The van der Waals surface area contributed by atoms with Gasteiger partial charge in [-0.2, -0.15) is 0 Å². The zero-order valence-electron chi connectivity index (χ0n) is 11.2. The number of benzene rings is 2. The molecule has 2 rings (SSSR count). The van der Waals surface area contributed by atoms with Crippen molar-refractivity contribution in [2.24, 2.45) is 0 Å². The first-order valence-corrected chi connectivity index (χ1v) is 6.53. The van der Waals surface area contributed by atoms with Gasteiger partial charge in [0.2, 0.25) is 0 Å². The first-order valence-electron chi connectivity index (χ1n) is 6.15. The first kappa shape index (κ1) is 14.5. The van der Waals surface area contributed by atoms with Gasteiger partial charge in [0.15, 0.2) is 5.78 Å². The van der Waals surface area contributed by atoms with Crippen LogP contribution < -0.4 is 4.74 Å². The normalized spacial score (nSPS) is 10.4. The maximum Gasteiger partial charge on any atom is 0.163 e. The summed E-state index contributed by atoms with van der Waals surface area (Å²) in [6, 6.07) is 9.60. The minimum absolute atomic E-state index is 0.0239. The Bertz CT molecular complexity index is 653. The molecule has 2 aromatic rings. The van der Waals surface area contributed by atoms with E-state index in [2.05, 4.69) is 0 Å². The number of aryl methyl sites for hydroxylation is 1. The number of carbonyl (C=O) groups excluding carboxylic acids is 1. The van der Waals surface area contributed by atoms with Crippen molar-refractivity contribution in [3.8, 4) is 5.75 Å². The summed E-state index contributed by atoms with van der Waals surface area (Å²) < 4.78 is 19.2. The summed E-state index contributed by atoms with van der Waals surface area (Å²) >= 11 is 5.83. The molecule has 0 amide bonds. The van der Waals surface area contributed by atoms with E-state index in [4.69, 9.17) is 16.3 Å². The van der Waals surface area contributed by atoms with Gasteiger partial charge in [0.05, 0.1) is 5.56 Å². The van der Waals surface area contributed by atoms with E-state index in [0.29, 0.717) is 21.9 Å². The van der Waals surface area contributed by atoms with Crippen molar-refractivity contribution in [3.63, 3.8) is 0 Å². The van der Waals surface area contributed by atoms with E-state index >= 15 is 0 Å². The lowest BCUT2D eigenvalue weighted by Crippen LogP contribution is -2.03. The van der Waals surface area contributed by atoms with Crippen LogP contribution in [0.3, 0.4) is 0 Å². The topological polar surface area (TPSA) is 26.3 Å². The van der Waals surface area contributed by atoms with E-state index in [9.17, 15) is 9.18 Å². The summed E-state index contributed by atoms with van der Waals surface area (Å²) in [5, 5.41) is 0.445. The quantitative estimate of drug-likeness (QED) is 0.772. The Morgan fingerprint density at radius 1 is 1.25 bits per heavy atom. The molecule has 0 aliphatic rings. The molecule has 0 fully saturated rings. The highest BCUT2D eigenvalue weighted by atomic mass is 35.5. The average molecular weight is 293 g/mol. The molecule has 0 unspecified atom stereocenters. The summed E-state index contributed by atoms with van der Waals surface area (Å²) in [7, 11) is 0. The minimum atomic E-state index is -0.383.